The molecule has 5 aliphatic rings. The third kappa shape index (κ3) is 5.24. The standard InChI is InChI=1S/C51H58O4S/c1-10-48(11-2)25-27-49(28-26-48)41-14-12-13-33(7)44(41)45-39-29-42-43(56-51(54-42,31(3)4)32(5)6)30-40(39)47-38(46(45)49)23-24-50(55-47,34-15-19-36(52-8)20-16-34)35-17-21-37(53-9)22-18-35/h12,14-24,29-33H,10-11,13,25-28H2,1-9H3. The van der Waals surface area contributed by atoms with E-state index in [1.165, 1.54) is 58.0 Å². The molecule has 2 aliphatic heterocycles. The van der Waals surface area contributed by atoms with Gasteiger partial charge in [-0.05, 0) is 114 Å². The Kier molecular flexibility index (Phi) is 9.04. The maximum Gasteiger partial charge on any atom is 0.178 e. The molecule has 4 aromatic carbocycles. The van der Waals surface area contributed by atoms with Gasteiger partial charge < -0.3 is 18.9 Å². The molecule has 0 radical (unpaired) electrons. The Morgan fingerprint density at radius 1 is 0.768 bits per heavy atom. The highest BCUT2D eigenvalue weighted by Crippen LogP contribution is 2.66. The summed E-state index contributed by atoms with van der Waals surface area (Å²) in [5, 5.41) is 2.44. The van der Waals surface area contributed by atoms with Gasteiger partial charge >= 0.3 is 0 Å². The molecule has 292 valence electrons. The van der Waals surface area contributed by atoms with Crippen LogP contribution in [0.15, 0.2) is 89.4 Å². The topological polar surface area (TPSA) is 36.9 Å². The van der Waals surface area contributed by atoms with Crippen LogP contribution in [0, 0.1) is 23.2 Å². The van der Waals surface area contributed by atoms with Crippen molar-refractivity contribution in [2.75, 3.05) is 14.2 Å². The summed E-state index contributed by atoms with van der Waals surface area (Å²) in [7, 11) is 3.44. The second-order valence-electron chi connectivity index (χ2n) is 17.9. The van der Waals surface area contributed by atoms with Crippen molar-refractivity contribution in [2.45, 2.75) is 114 Å². The molecule has 0 bridgehead atoms. The second kappa shape index (κ2) is 13.5. The van der Waals surface area contributed by atoms with Gasteiger partial charge in [-0.2, -0.15) is 0 Å². The van der Waals surface area contributed by atoms with Crippen LogP contribution in [0.1, 0.15) is 121 Å². The molecule has 1 fully saturated rings. The van der Waals surface area contributed by atoms with Crippen LogP contribution in [-0.2, 0) is 11.0 Å². The Balaban J connectivity index is 1.35. The second-order valence-corrected chi connectivity index (χ2v) is 19.1. The first kappa shape index (κ1) is 37.5. The fourth-order valence-electron chi connectivity index (χ4n) is 11.2. The average Bonchev–Trinajstić information content (AvgIpc) is 3.76. The maximum absolute atomic E-state index is 7.83. The van der Waals surface area contributed by atoms with E-state index in [1.807, 2.05) is 36.0 Å². The van der Waals surface area contributed by atoms with Gasteiger partial charge in [-0.1, -0.05) is 116 Å². The minimum absolute atomic E-state index is 0.0653. The molecule has 4 aromatic rings. The van der Waals surface area contributed by atoms with Crippen molar-refractivity contribution in [3.8, 4) is 23.0 Å². The molecule has 1 unspecified atom stereocenters. The molecule has 1 atom stereocenters. The predicted molar refractivity (Wildman–Crippen MR) is 232 cm³/mol. The van der Waals surface area contributed by atoms with Gasteiger partial charge in [0, 0.05) is 39.3 Å². The summed E-state index contributed by atoms with van der Waals surface area (Å²) in [4.78, 5) is 0.866. The lowest BCUT2D eigenvalue weighted by Gasteiger charge is -2.47. The van der Waals surface area contributed by atoms with E-state index in [4.69, 9.17) is 18.9 Å². The van der Waals surface area contributed by atoms with Crippen LogP contribution >= 0.6 is 11.8 Å². The lowest BCUT2D eigenvalue weighted by molar-refractivity contribution is 0.0757. The number of ether oxygens (including phenoxy) is 4. The van der Waals surface area contributed by atoms with E-state index < -0.39 is 5.60 Å². The molecule has 0 aromatic heterocycles. The van der Waals surface area contributed by atoms with E-state index >= 15 is 0 Å². The van der Waals surface area contributed by atoms with Gasteiger partial charge in [-0.25, -0.2) is 0 Å². The summed E-state index contributed by atoms with van der Waals surface area (Å²) in [6.45, 7) is 16.5. The third-order valence-electron chi connectivity index (χ3n) is 14.8. The Labute approximate surface area is 338 Å². The van der Waals surface area contributed by atoms with Crippen molar-refractivity contribution in [1.29, 1.82) is 0 Å². The zero-order chi connectivity index (χ0) is 39.2. The fraction of sp³-hybridized carbons (Fsp3) is 0.451. The first-order valence-corrected chi connectivity index (χ1v) is 22.0. The summed E-state index contributed by atoms with van der Waals surface area (Å²) < 4.78 is 26.3. The quantitative estimate of drug-likeness (QED) is 0.178. The molecule has 9 rings (SSSR count). The molecule has 4 nitrogen and oxygen atoms in total. The van der Waals surface area contributed by atoms with Crippen LogP contribution < -0.4 is 18.9 Å². The minimum atomic E-state index is -0.882. The number of benzene rings is 4. The van der Waals surface area contributed by atoms with Crippen LogP contribution in [-0.4, -0.2) is 19.2 Å². The van der Waals surface area contributed by atoms with Crippen LogP contribution in [0.5, 0.6) is 23.0 Å². The van der Waals surface area contributed by atoms with Crippen molar-refractivity contribution in [3.63, 3.8) is 0 Å². The summed E-state index contributed by atoms with van der Waals surface area (Å²) in [6, 6.07) is 21.6. The summed E-state index contributed by atoms with van der Waals surface area (Å²) in [6.07, 6.45) is 18.1. The van der Waals surface area contributed by atoms with Gasteiger partial charge in [0.15, 0.2) is 10.5 Å². The number of thioether (sulfide) groups is 1. The van der Waals surface area contributed by atoms with Crippen molar-refractivity contribution < 1.29 is 18.9 Å². The summed E-state index contributed by atoms with van der Waals surface area (Å²) in [5.41, 5.74) is 8.86. The van der Waals surface area contributed by atoms with Crippen molar-refractivity contribution in [2.24, 2.45) is 23.2 Å². The van der Waals surface area contributed by atoms with Gasteiger partial charge in [0.2, 0.25) is 0 Å². The molecule has 5 heteroatoms. The van der Waals surface area contributed by atoms with Crippen molar-refractivity contribution in [1.82, 2.24) is 0 Å². The van der Waals surface area contributed by atoms with E-state index in [1.54, 1.807) is 25.4 Å². The lowest BCUT2D eigenvalue weighted by Crippen LogP contribution is -2.40. The molecule has 56 heavy (non-hydrogen) atoms. The van der Waals surface area contributed by atoms with Crippen LogP contribution in [0.4, 0.5) is 0 Å². The average molecular weight is 767 g/mol. The van der Waals surface area contributed by atoms with Gasteiger partial charge in [0.1, 0.15) is 23.0 Å². The number of allylic oxidation sites excluding steroid dienone is 4. The van der Waals surface area contributed by atoms with Crippen LogP contribution in [0.2, 0.25) is 0 Å². The zero-order valence-electron chi connectivity index (χ0n) is 34.8. The third-order valence-corrected chi connectivity index (χ3v) is 16.7. The summed E-state index contributed by atoms with van der Waals surface area (Å²) >= 11 is 1.90. The highest BCUT2D eigenvalue weighted by molar-refractivity contribution is 8.01. The van der Waals surface area contributed by atoms with E-state index in [2.05, 4.69) is 109 Å². The predicted octanol–water partition coefficient (Wildman–Crippen LogP) is 13.7. The molecular weight excluding hydrogens is 709 g/mol. The van der Waals surface area contributed by atoms with Gasteiger partial charge in [0.05, 0.1) is 19.1 Å². The molecule has 2 heterocycles. The molecule has 3 aliphatic carbocycles. The Bertz CT molecular complexity index is 2220. The number of methoxy groups -OCH3 is 2. The monoisotopic (exact) mass is 766 g/mol. The minimum Gasteiger partial charge on any atom is -0.497 e. The number of hydrogen-bond donors (Lipinski definition) is 0. The van der Waals surface area contributed by atoms with E-state index in [0.717, 1.165) is 53.4 Å². The SMILES string of the molecule is CCC1(CC)CCC2(CC1)C1=C(c3c2c2c(c4cc5c(cc34)OC(C(C)C)(C(C)C)S5)OC(c3ccc(OC)cc3)(c3ccc(OC)cc3)C=C2)C(C)CC=C1. The Hall–Kier alpha value is -4.09. The maximum atomic E-state index is 7.83. The van der Waals surface area contributed by atoms with Crippen LogP contribution in [0.25, 0.3) is 22.4 Å². The number of rotatable bonds is 8. The molecule has 1 saturated carbocycles. The normalized spacial score (nSPS) is 21.8. The van der Waals surface area contributed by atoms with Gasteiger partial charge in [-0.15, -0.1) is 0 Å². The first-order valence-electron chi connectivity index (χ1n) is 21.1. The van der Waals surface area contributed by atoms with Crippen molar-refractivity contribution in [3.05, 3.63) is 112 Å². The zero-order valence-corrected chi connectivity index (χ0v) is 35.6. The number of hydrogen-bond acceptors (Lipinski definition) is 5. The summed E-state index contributed by atoms with van der Waals surface area (Å²) in [5.74, 6) is 4.72. The highest BCUT2D eigenvalue weighted by Gasteiger charge is 2.54. The molecular formula is C51H58O4S. The van der Waals surface area contributed by atoms with Gasteiger partial charge in [-0.3, -0.25) is 0 Å². The van der Waals surface area contributed by atoms with E-state index in [9.17, 15) is 0 Å². The van der Waals surface area contributed by atoms with Gasteiger partial charge in [0.25, 0.3) is 0 Å². The van der Waals surface area contributed by atoms with E-state index in [0.29, 0.717) is 23.2 Å². The lowest BCUT2D eigenvalue weighted by atomic mass is 9.57. The molecule has 0 saturated heterocycles. The van der Waals surface area contributed by atoms with E-state index in [-0.39, 0.29) is 10.3 Å². The fourth-order valence-corrected chi connectivity index (χ4v) is 12.5. The van der Waals surface area contributed by atoms with Crippen molar-refractivity contribution >= 4 is 34.2 Å². The molecule has 0 N–H and O–H groups in total. The molecule has 1 spiro atoms. The first-order chi connectivity index (χ1) is 27.0. The smallest absolute Gasteiger partial charge is 0.178 e. The number of fused-ring (bicyclic) bond motifs is 10. The Morgan fingerprint density at radius 3 is 1.93 bits per heavy atom. The highest BCUT2D eigenvalue weighted by atomic mass is 32.2. The Morgan fingerprint density at radius 2 is 1.38 bits per heavy atom. The largest absolute Gasteiger partial charge is 0.497 e. The van der Waals surface area contributed by atoms with Crippen LogP contribution in [0.3, 0.4) is 0 Å². The molecule has 0 amide bonds.